The van der Waals surface area contributed by atoms with Gasteiger partial charge in [-0.05, 0) is 72.5 Å². The fourth-order valence-corrected chi connectivity index (χ4v) is 11.1. The maximum absolute atomic E-state index is 6.17. The molecule has 0 fully saturated rings. The smallest absolute Gasteiger partial charge is 0.230 e. The second-order valence-electron chi connectivity index (χ2n) is 12.1. The number of hydrogen-bond acceptors (Lipinski definition) is 2. The maximum Gasteiger partial charge on any atom is 0.230 e. The van der Waals surface area contributed by atoms with Crippen LogP contribution in [0.4, 0.5) is 0 Å². The topological polar surface area (TPSA) is 26.0 Å². The molecule has 9 aromatic rings. The van der Waals surface area contributed by atoms with Crippen molar-refractivity contribution in [3.05, 3.63) is 182 Å². The van der Waals surface area contributed by atoms with E-state index in [1.165, 1.54) is 37.5 Å². The fraction of sp³-hybridized carbons (Fsp3) is 0. The number of nitrogens with zero attached hydrogens (tertiary/aromatic N) is 1. The molecule has 0 N–H and O–H groups in total. The minimum absolute atomic E-state index is 0.652. The van der Waals surface area contributed by atoms with Crippen molar-refractivity contribution in [3.8, 4) is 22.6 Å². The van der Waals surface area contributed by atoms with E-state index in [1.807, 2.05) is 6.07 Å². The Bertz CT molecular complexity index is 2570. The predicted molar refractivity (Wildman–Crippen MR) is 203 cm³/mol. The summed E-state index contributed by atoms with van der Waals surface area (Å²) in [5.74, 6) is 3.90. The van der Waals surface area contributed by atoms with Gasteiger partial charge in [-0.3, -0.25) is 0 Å². The van der Waals surface area contributed by atoms with Crippen molar-refractivity contribution in [1.29, 1.82) is 0 Å². The molecule has 9 rings (SSSR count). The van der Waals surface area contributed by atoms with Crippen LogP contribution in [0.25, 0.3) is 54.7 Å². The number of hydrogen-bond donors (Lipinski definition) is 0. The summed E-state index contributed by atoms with van der Waals surface area (Å²) in [6, 6.07) is 60.6. The highest BCUT2D eigenvalue weighted by Gasteiger charge is 2.39. The largest absolute Gasteiger partial charge is 0.438 e. The molecule has 0 amide bonds. The average molecular weight is 628 g/mol. The third-order valence-electron chi connectivity index (χ3n) is 9.46. The fourth-order valence-electron chi connectivity index (χ4n) is 7.27. The quantitative estimate of drug-likeness (QED) is 0.0843. The van der Waals surface area contributed by atoms with Gasteiger partial charge in [-0.2, -0.15) is 0 Å². The van der Waals surface area contributed by atoms with E-state index in [0.29, 0.717) is 5.71 Å². The molecule has 48 heavy (non-hydrogen) atoms. The van der Waals surface area contributed by atoms with E-state index in [2.05, 4.69) is 180 Å². The lowest BCUT2D eigenvalue weighted by molar-refractivity contribution is 0.654. The number of rotatable bonds is 4. The van der Waals surface area contributed by atoms with E-state index < -0.39 is 8.07 Å². The monoisotopic (exact) mass is 627 g/mol. The first kappa shape index (κ1) is 28.0. The van der Waals surface area contributed by atoms with Crippen molar-refractivity contribution in [2.24, 2.45) is 0 Å². The highest BCUT2D eigenvalue weighted by atomic mass is 28.3. The lowest BCUT2D eigenvalue weighted by Gasteiger charge is -2.28. The van der Waals surface area contributed by atoms with Crippen molar-refractivity contribution in [2.45, 2.75) is 0 Å². The van der Waals surface area contributed by atoms with Gasteiger partial charge in [0.2, 0.25) is 13.8 Å². The second kappa shape index (κ2) is 11.5. The zero-order chi connectivity index (χ0) is 31.9. The van der Waals surface area contributed by atoms with Crippen LogP contribution in [-0.4, -0.2) is 13.1 Å². The molecule has 0 bridgehead atoms. The minimum atomic E-state index is -2.96. The highest BCUT2D eigenvalue weighted by molar-refractivity contribution is 7.17. The standard InChI is InChI=1S/C45H29NOSi/c1-4-15-32(16-5-1)44-39-23-12-10-21-36(39)38(37-22-11-13-24-40(37)44)28-30-48(33-17-6-2-7-18-33,34-19-8-3-9-20-34)35-26-27-43-42(31-35)41-25-14-29-46-45(41)47-43/h1-27,29,31H. The number of aromatic nitrogens is 1. The van der Waals surface area contributed by atoms with Gasteiger partial charge in [0.15, 0.2) is 0 Å². The molecule has 2 aromatic heterocycles. The Hall–Kier alpha value is -6.21. The Morgan fingerprint density at radius 1 is 0.458 bits per heavy atom. The predicted octanol–water partition coefficient (Wildman–Crippen LogP) is 9.02. The normalized spacial score (nSPS) is 11.6. The molecule has 0 aliphatic carbocycles. The first-order valence-electron chi connectivity index (χ1n) is 16.2. The number of pyridine rings is 1. The molecule has 0 atom stereocenters. The molecular formula is C45H29NOSi. The average Bonchev–Trinajstić information content (AvgIpc) is 3.54. The van der Waals surface area contributed by atoms with Crippen molar-refractivity contribution < 1.29 is 4.42 Å². The van der Waals surface area contributed by atoms with Crippen LogP contribution in [0.2, 0.25) is 0 Å². The number of benzene rings is 7. The second-order valence-corrected chi connectivity index (χ2v) is 15.6. The van der Waals surface area contributed by atoms with Gasteiger partial charge in [0, 0.05) is 22.5 Å². The first-order valence-corrected chi connectivity index (χ1v) is 18.2. The van der Waals surface area contributed by atoms with E-state index in [4.69, 9.17) is 4.42 Å². The lowest BCUT2D eigenvalue weighted by Crippen LogP contribution is -2.66. The van der Waals surface area contributed by atoms with Crippen LogP contribution in [0, 0.1) is 11.5 Å². The Balaban J connectivity index is 1.39. The lowest BCUT2D eigenvalue weighted by atomic mass is 9.89. The van der Waals surface area contributed by atoms with E-state index in [0.717, 1.165) is 32.7 Å². The van der Waals surface area contributed by atoms with Crippen LogP contribution in [-0.2, 0) is 0 Å². The van der Waals surface area contributed by atoms with Crippen LogP contribution in [0.5, 0.6) is 0 Å². The van der Waals surface area contributed by atoms with Crippen molar-refractivity contribution in [3.63, 3.8) is 0 Å². The van der Waals surface area contributed by atoms with Crippen molar-refractivity contribution in [2.75, 3.05) is 0 Å². The van der Waals surface area contributed by atoms with Crippen LogP contribution < -0.4 is 15.6 Å². The van der Waals surface area contributed by atoms with Crippen LogP contribution in [0.15, 0.2) is 180 Å². The summed E-state index contributed by atoms with van der Waals surface area (Å²) in [5, 5.41) is 10.5. The van der Waals surface area contributed by atoms with Gasteiger partial charge in [0.05, 0.1) is 0 Å². The first-order chi connectivity index (χ1) is 23.8. The molecule has 0 spiro atoms. The Morgan fingerprint density at radius 2 is 1.00 bits per heavy atom. The Kier molecular flexibility index (Phi) is 6.74. The summed E-state index contributed by atoms with van der Waals surface area (Å²) in [6.45, 7) is 0. The zero-order valence-electron chi connectivity index (χ0n) is 26.1. The molecule has 7 aromatic carbocycles. The third kappa shape index (κ3) is 4.46. The Labute approximate surface area is 280 Å². The Morgan fingerprint density at radius 3 is 1.62 bits per heavy atom. The van der Waals surface area contributed by atoms with E-state index in [-0.39, 0.29) is 0 Å². The molecular weight excluding hydrogens is 599 g/mol. The molecule has 224 valence electrons. The molecule has 0 saturated carbocycles. The number of fused-ring (bicyclic) bond motifs is 5. The van der Waals surface area contributed by atoms with Gasteiger partial charge in [0.25, 0.3) is 0 Å². The van der Waals surface area contributed by atoms with Crippen molar-refractivity contribution in [1.82, 2.24) is 4.98 Å². The van der Waals surface area contributed by atoms with Gasteiger partial charge in [-0.1, -0.05) is 152 Å². The summed E-state index contributed by atoms with van der Waals surface area (Å²) in [7, 11) is -2.96. The molecule has 0 aliphatic rings. The van der Waals surface area contributed by atoms with E-state index in [9.17, 15) is 0 Å². The third-order valence-corrected chi connectivity index (χ3v) is 13.5. The molecule has 2 nitrogen and oxygen atoms in total. The van der Waals surface area contributed by atoms with E-state index in [1.54, 1.807) is 6.20 Å². The summed E-state index contributed by atoms with van der Waals surface area (Å²) in [4.78, 5) is 4.51. The van der Waals surface area contributed by atoms with Crippen LogP contribution in [0.1, 0.15) is 5.56 Å². The molecule has 0 aliphatic heterocycles. The highest BCUT2D eigenvalue weighted by Crippen LogP contribution is 2.39. The zero-order valence-corrected chi connectivity index (χ0v) is 27.1. The maximum atomic E-state index is 6.17. The van der Waals surface area contributed by atoms with E-state index >= 15 is 0 Å². The van der Waals surface area contributed by atoms with Crippen molar-refractivity contribution >= 4 is 67.2 Å². The van der Waals surface area contributed by atoms with Gasteiger partial charge in [-0.25, -0.2) is 4.98 Å². The molecule has 0 radical (unpaired) electrons. The van der Waals surface area contributed by atoms with Crippen LogP contribution in [0.3, 0.4) is 0 Å². The summed E-state index contributed by atoms with van der Waals surface area (Å²) < 4.78 is 6.17. The minimum Gasteiger partial charge on any atom is -0.438 e. The molecule has 0 unspecified atom stereocenters. The molecule has 2 heterocycles. The van der Waals surface area contributed by atoms with Gasteiger partial charge < -0.3 is 4.42 Å². The van der Waals surface area contributed by atoms with Gasteiger partial charge in [-0.15, -0.1) is 5.54 Å². The summed E-state index contributed by atoms with van der Waals surface area (Å²) in [6.07, 6.45) is 1.78. The SMILES string of the molecule is C(#C[Si](c1ccccc1)(c1ccccc1)c1ccc2oc3ncccc3c2c1)c1c2ccccc2c(-c2ccccc2)c2ccccc12. The molecule has 0 saturated heterocycles. The summed E-state index contributed by atoms with van der Waals surface area (Å²) in [5.41, 5.74) is 9.08. The van der Waals surface area contributed by atoms with Gasteiger partial charge >= 0.3 is 0 Å². The van der Waals surface area contributed by atoms with Gasteiger partial charge in [0.1, 0.15) is 5.58 Å². The number of furan rings is 1. The summed E-state index contributed by atoms with van der Waals surface area (Å²) >= 11 is 0. The van der Waals surface area contributed by atoms with Crippen LogP contribution >= 0.6 is 0 Å². The molecule has 3 heteroatoms.